The lowest BCUT2D eigenvalue weighted by molar-refractivity contribution is 0.476. The van der Waals surface area contributed by atoms with Crippen LogP contribution in [0.2, 0.25) is 5.02 Å². The maximum Gasteiger partial charge on any atom is 0.125 e. The molecular formula is C13H18ClN3O. The molecule has 1 N–H and O–H groups in total. The van der Waals surface area contributed by atoms with Gasteiger partial charge in [0.1, 0.15) is 5.76 Å². The van der Waals surface area contributed by atoms with E-state index in [0.29, 0.717) is 17.6 Å². The number of nitrogens with zero attached hydrogens (tertiary/aromatic N) is 2. The number of furan rings is 1. The van der Waals surface area contributed by atoms with Gasteiger partial charge in [0.15, 0.2) is 0 Å². The lowest BCUT2D eigenvalue weighted by atomic mass is 10.3. The van der Waals surface area contributed by atoms with Gasteiger partial charge in [-0.05, 0) is 13.0 Å². The van der Waals surface area contributed by atoms with Crippen LogP contribution in [0.4, 0.5) is 0 Å². The molecule has 98 valence electrons. The first-order valence-electron chi connectivity index (χ1n) is 6.04. The molecule has 0 aliphatic heterocycles. The summed E-state index contributed by atoms with van der Waals surface area (Å²) in [4.78, 5) is 0. The van der Waals surface area contributed by atoms with Gasteiger partial charge in [-0.3, -0.25) is 4.68 Å². The average molecular weight is 268 g/mol. The van der Waals surface area contributed by atoms with Crippen molar-refractivity contribution in [2.24, 2.45) is 0 Å². The fourth-order valence-electron chi connectivity index (χ4n) is 1.66. The van der Waals surface area contributed by atoms with E-state index in [9.17, 15) is 0 Å². The molecule has 0 aromatic carbocycles. The van der Waals surface area contributed by atoms with E-state index in [2.05, 4.69) is 24.3 Å². The first kappa shape index (κ1) is 13.2. The number of nitrogens with one attached hydrogen (secondary N) is 1. The molecule has 2 heterocycles. The van der Waals surface area contributed by atoms with Crippen molar-refractivity contribution in [3.05, 3.63) is 40.6 Å². The highest BCUT2D eigenvalue weighted by Gasteiger charge is 2.06. The molecule has 0 spiro atoms. The zero-order valence-electron chi connectivity index (χ0n) is 10.9. The Kier molecular flexibility index (Phi) is 4.09. The molecule has 2 rings (SSSR count). The fraction of sp³-hybridized carbons (Fsp3) is 0.462. The third-order valence-corrected chi connectivity index (χ3v) is 3.00. The second-order valence-electron chi connectivity index (χ2n) is 4.72. The van der Waals surface area contributed by atoms with Gasteiger partial charge in [0.2, 0.25) is 0 Å². The van der Waals surface area contributed by atoms with Gasteiger partial charge in [-0.15, -0.1) is 0 Å². The lowest BCUT2D eigenvalue weighted by Gasteiger charge is -2.04. The molecule has 5 heteroatoms. The number of hydrogen-bond acceptors (Lipinski definition) is 3. The molecule has 4 nitrogen and oxygen atoms in total. The minimum atomic E-state index is 0.468. The van der Waals surface area contributed by atoms with Gasteiger partial charge in [-0.2, -0.15) is 5.10 Å². The Morgan fingerprint density at radius 2 is 2.28 bits per heavy atom. The summed E-state index contributed by atoms with van der Waals surface area (Å²) in [5.74, 6) is 0.884. The van der Waals surface area contributed by atoms with Crippen LogP contribution in [0.1, 0.15) is 30.9 Å². The Bertz CT molecular complexity index is 497. The highest BCUT2D eigenvalue weighted by molar-refractivity contribution is 6.31. The van der Waals surface area contributed by atoms with Crippen molar-refractivity contribution in [1.29, 1.82) is 0 Å². The van der Waals surface area contributed by atoms with Crippen LogP contribution in [0.15, 0.2) is 22.9 Å². The summed E-state index contributed by atoms with van der Waals surface area (Å²) in [6, 6.07) is 2.51. The first-order chi connectivity index (χ1) is 8.54. The van der Waals surface area contributed by atoms with Gasteiger partial charge < -0.3 is 9.73 Å². The lowest BCUT2D eigenvalue weighted by Crippen LogP contribution is -2.21. The Hall–Kier alpha value is -1.26. The largest absolute Gasteiger partial charge is 0.467 e. The Balaban J connectivity index is 1.98. The van der Waals surface area contributed by atoms with Crippen molar-refractivity contribution in [2.75, 3.05) is 0 Å². The van der Waals surface area contributed by atoms with E-state index >= 15 is 0 Å². The zero-order chi connectivity index (χ0) is 13.1. The van der Waals surface area contributed by atoms with Crippen LogP contribution in [0.25, 0.3) is 0 Å². The summed E-state index contributed by atoms with van der Waals surface area (Å²) >= 11 is 5.96. The predicted octanol–water partition coefficient (Wildman–Crippen LogP) is 2.98. The monoisotopic (exact) mass is 267 g/mol. The van der Waals surface area contributed by atoms with Crippen LogP contribution < -0.4 is 5.32 Å². The van der Waals surface area contributed by atoms with E-state index < -0.39 is 0 Å². The molecule has 0 atom stereocenters. The van der Waals surface area contributed by atoms with Gasteiger partial charge in [0.05, 0.1) is 23.5 Å². The van der Waals surface area contributed by atoms with Crippen LogP contribution >= 0.6 is 11.6 Å². The van der Waals surface area contributed by atoms with Gasteiger partial charge in [0, 0.05) is 24.3 Å². The zero-order valence-corrected chi connectivity index (χ0v) is 11.7. The van der Waals surface area contributed by atoms with Crippen LogP contribution in [-0.2, 0) is 13.1 Å². The van der Waals surface area contributed by atoms with Gasteiger partial charge in [-0.25, -0.2) is 0 Å². The summed E-state index contributed by atoms with van der Waals surface area (Å²) in [6.45, 7) is 7.55. The number of hydrogen-bond donors (Lipinski definition) is 1. The average Bonchev–Trinajstić information content (AvgIpc) is 2.85. The fourth-order valence-corrected chi connectivity index (χ4v) is 1.81. The summed E-state index contributed by atoms with van der Waals surface area (Å²) < 4.78 is 7.29. The SMILES string of the molecule is Cc1nn(Cc2cc(CNC(C)C)co2)cc1Cl. The topological polar surface area (TPSA) is 43.0 Å². The van der Waals surface area contributed by atoms with E-state index in [0.717, 1.165) is 23.6 Å². The number of rotatable bonds is 5. The molecular weight excluding hydrogens is 250 g/mol. The summed E-state index contributed by atoms with van der Waals surface area (Å²) in [6.07, 6.45) is 3.59. The maximum atomic E-state index is 5.96. The molecule has 0 fully saturated rings. The number of aryl methyl sites for hydroxylation is 1. The van der Waals surface area contributed by atoms with Crippen LogP contribution in [0.3, 0.4) is 0 Å². The van der Waals surface area contributed by atoms with Crippen molar-refractivity contribution >= 4 is 11.6 Å². The molecule has 18 heavy (non-hydrogen) atoms. The second-order valence-corrected chi connectivity index (χ2v) is 5.12. The minimum Gasteiger partial charge on any atom is -0.467 e. The van der Waals surface area contributed by atoms with E-state index in [-0.39, 0.29) is 0 Å². The summed E-state index contributed by atoms with van der Waals surface area (Å²) in [7, 11) is 0. The third kappa shape index (κ3) is 3.37. The normalized spacial score (nSPS) is 11.4. The minimum absolute atomic E-state index is 0.468. The molecule has 0 aliphatic carbocycles. The van der Waals surface area contributed by atoms with E-state index in [1.165, 1.54) is 0 Å². The van der Waals surface area contributed by atoms with Crippen LogP contribution in [0, 0.1) is 6.92 Å². The smallest absolute Gasteiger partial charge is 0.125 e. The van der Waals surface area contributed by atoms with Gasteiger partial charge in [-0.1, -0.05) is 25.4 Å². The van der Waals surface area contributed by atoms with Crippen molar-refractivity contribution in [1.82, 2.24) is 15.1 Å². The number of aromatic nitrogens is 2. The summed E-state index contributed by atoms with van der Waals surface area (Å²) in [5.41, 5.74) is 1.98. The Labute approximate surface area is 112 Å². The molecule has 0 aliphatic rings. The molecule has 0 bridgehead atoms. The molecule has 0 saturated carbocycles. The van der Waals surface area contributed by atoms with Crippen molar-refractivity contribution in [3.63, 3.8) is 0 Å². The molecule has 0 unspecified atom stereocenters. The molecule has 2 aromatic rings. The molecule has 2 aromatic heterocycles. The molecule has 0 saturated heterocycles. The van der Waals surface area contributed by atoms with Crippen molar-refractivity contribution in [3.8, 4) is 0 Å². The van der Waals surface area contributed by atoms with E-state index in [1.54, 1.807) is 10.9 Å². The number of halogens is 1. The first-order valence-corrected chi connectivity index (χ1v) is 6.41. The standard InChI is InChI=1S/C13H18ClN3O/c1-9(2)15-5-11-4-12(18-8-11)6-17-7-13(14)10(3)16-17/h4,7-9,15H,5-6H2,1-3H3. The molecule has 0 radical (unpaired) electrons. The quantitative estimate of drug-likeness (QED) is 0.906. The highest BCUT2D eigenvalue weighted by Crippen LogP contribution is 2.14. The highest BCUT2D eigenvalue weighted by atomic mass is 35.5. The van der Waals surface area contributed by atoms with Crippen molar-refractivity contribution < 1.29 is 4.42 Å². The van der Waals surface area contributed by atoms with Gasteiger partial charge in [0.25, 0.3) is 0 Å². The van der Waals surface area contributed by atoms with E-state index in [1.807, 2.05) is 19.2 Å². The Morgan fingerprint density at radius 3 is 2.89 bits per heavy atom. The Morgan fingerprint density at radius 1 is 1.50 bits per heavy atom. The van der Waals surface area contributed by atoms with Crippen LogP contribution in [-0.4, -0.2) is 15.8 Å². The van der Waals surface area contributed by atoms with Gasteiger partial charge >= 0.3 is 0 Å². The molecule has 0 amide bonds. The maximum absolute atomic E-state index is 5.96. The predicted molar refractivity (Wildman–Crippen MR) is 71.8 cm³/mol. The van der Waals surface area contributed by atoms with Crippen molar-refractivity contribution in [2.45, 2.75) is 39.9 Å². The second kappa shape index (κ2) is 5.59. The van der Waals surface area contributed by atoms with Crippen LogP contribution in [0.5, 0.6) is 0 Å². The van der Waals surface area contributed by atoms with E-state index in [4.69, 9.17) is 16.0 Å². The third-order valence-electron chi connectivity index (χ3n) is 2.63. The summed E-state index contributed by atoms with van der Waals surface area (Å²) in [5, 5.41) is 8.33.